The summed E-state index contributed by atoms with van der Waals surface area (Å²) in [4.78, 5) is 27.1. The van der Waals surface area contributed by atoms with E-state index in [1.807, 2.05) is 20.8 Å². The molecule has 0 saturated carbocycles. The normalized spacial score (nSPS) is 16.0. The summed E-state index contributed by atoms with van der Waals surface area (Å²) in [6.45, 7) is 9.96. The van der Waals surface area contributed by atoms with Gasteiger partial charge in [-0.25, -0.2) is 4.68 Å². The van der Waals surface area contributed by atoms with Crippen molar-refractivity contribution in [2.75, 3.05) is 31.9 Å². The monoisotopic (exact) mass is 326 g/mol. The minimum Gasteiger partial charge on any atom is -0.339 e. The summed E-state index contributed by atoms with van der Waals surface area (Å²) in [5, 5.41) is 12.3. The van der Waals surface area contributed by atoms with E-state index in [4.69, 9.17) is 0 Å². The second-order valence-electron chi connectivity index (χ2n) is 6.22. The molecule has 1 saturated heterocycles. The third-order valence-corrected chi connectivity index (χ3v) is 4.38. The molecule has 1 aliphatic rings. The zero-order valence-electron chi connectivity index (χ0n) is 13.4. The van der Waals surface area contributed by atoms with Gasteiger partial charge in [0.05, 0.1) is 11.3 Å². The first-order valence-electron chi connectivity index (χ1n) is 7.24. The fourth-order valence-electron chi connectivity index (χ4n) is 2.18. The van der Waals surface area contributed by atoms with Crippen molar-refractivity contribution in [2.45, 2.75) is 38.4 Å². The molecule has 8 nitrogen and oxygen atoms in total. The van der Waals surface area contributed by atoms with Crippen LogP contribution in [-0.2, 0) is 15.1 Å². The molecule has 0 radical (unpaired) electrons. The van der Waals surface area contributed by atoms with Crippen LogP contribution in [0, 0.1) is 0 Å². The molecule has 9 heteroatoms. The van der Waals surface area contributed by atoms with Crippen LogP contribution in [0.3, 0.4) is 0 Å². The van der Waals surface area contributed by atoms with Gasteiger partial charge < -0.3 is 9.80 Å². The highest BCUT2D eigenvalue weighted by Crippen LogP contribution is 2.21. The maximum absolute atomic E-state index is 12.3. The molecule has 0 aliphatic carbocycles. The Morgan fingerprint density at radius 2 is 1.73 bits per heavy atom. The molecule has 1 aliphatic heterocycles. The quantitative estimate of drug-likeness (QED) is 0.738. The van der Waals surface area contributed by atoms with E-state index in [1.165, 1.54) is 11.8 Å². The molecule has 0 unspecified atom stereocenters. The van der Waals surface area contributed by atoms with Gasteiger partial charge in [-0.2, -0.15) is 0 Å². The van der Waals surface area contributed by atoms with Crippen LogP contribution in [-0.4, -0.2) is 73.8 Å². The van der Waals surface area contributed by atoms with Gasteiger partial charge in [0.1, 0.15) is 0 Å². The summed E-state index contributed by atoms with van der Waals surface area (Å²) in [6.07, 6.45) is 0. The van der Waals surface area contributed by atoms with Crippen LogP contribution in [0.5, 0.6) is 0 Å². The number of tetrazole rings is 1. The first-order valence-corrected chi connectivity index (χ1v) is 8.22. The first kappa shape index (κ1) is 16.7. The fraction of sp³-hybridized carbons (Fsp3) is 0.769. The second kappa shape index (κ2) is 6.64. The Kier molecular flexibility index (Phi) is 5.05. The third-order valence-electron chi connectivity index (χ3n) is 3.48. The van der Waals surface area contributed by atoms with Crippen molar-refractivity contribution in [1.82, 2.24) is 30.0 Å². The van der Waals surface area contributed by atoms with Crippen molar-refractivity contribution in [3.63, 3.8) is 0 Å². The average Bonchev–Trinajstić information content (AvgIpc) is 2.93. The van der Waals surface area contributed by atoms with E-state index in [0.717, 1.165) is 0 Å². The molecular formula is C13H22N6O2S. The predicted octanol–water partition coefficient (Wildman–Crippen LogP) is 0.211. The lowest BCUT2D eigenvalue weighted by Gasteiger charge is -2.34. The average molecular weight is 326 g/mol. The summed E-state index contributed by atoms with van der Waals surface area (Å²) in [7, 11) is 0. The fourth-order valence-corrected chi connectivity index (χ4v) is 3.14. The Morgan fingerprint density at radius 3 is 2.27 bits per heavy atom. The SMILES string of the molecule is CC(=O)N1CCN(C(=O)CSc2nnnn2C(C)(C)C)CC1. The number of hydrogen-bond acceptors (Lipinski definition) is 6. The van der Waals surface area contributed by atoms with E-state index < -0.39 is 0 Å². The molecule has 22 heavy (non-hydrogen) atoms. The summed E-state index contributed by atoms with van der Waals surface area (Å²) in [5.41, 5.74) is -0.220. The maximum atomic E-state index is 12.3. The van der Waals surface area contributed by atoms with Gasteiger partial charge in [0.2, 0.25) is 17.0 Å². The highest BCUT2D eigenvalue weighted by molar-refractivity contribution is 7.99. The van der Waals surface area contributed by atoms with Gasteiger partial charge in [-0.15, -0.1) is 5.10 Å². The Labute approximate surface area is 134 Å². The summed E-state index contributed by atoms with van der Waals surface area (Å²) < 4.78 is 1.72. The van der Waals surface area contributed by atoms with Crippen LogP contribution >= 0.6 is 11.8 Å². The van der Waals surface area contributed by atoms with Gasteiger partial charge in [0, 0.05) is 33.1 Å². The molecule has 2 rings (SSSR count). The lowest BCUT2D eigenvalue weighted by Crippen LogP contribution is -2.50. The Balaban J connectivity index is 1.87. The van der Waals surface area contributed by atoms with Crippen molar-refractivity contribution in [3.05, 3.63) is 0 Å². The number of hydrogen-bond donors (Lipinski definition) is 0. The molecule has 122 valence electrons. The maximum Gasteiger partial charge on any atom is 0.233 e. The molecule has 1 aromatic rings. The van der Waals surface area contributed by atoms with E-state index in [-0.39, 0.29) is 17.4 Å². The topological polar surface area (TPSA) is 84.2 Å². The minimum absolute atomic E-state index is 0.0525. The summed E-state index contributed by atoms with van der Waals surface area (Å²) in [5.74, 6) is 0.416. The predicted molar refractivity (Wildman–Crippen MR) is 82.4 cm³/mol. The Bertz CT molecular complexity index is 545. The third kappa shape index (κ3) is 3.96. The molecule has 0 N–H and O–H groups in total. The van der Waals surface area contributed by atoms with Crippen molar-refractivity contribution in [3.8, 4) is 0 Å². The van der Waals surface area contributed by atoms with E-state index in [2.05, 4.69) is 15.5 Å². The Morgan fingerprint density at radius 1 is 1.14 bits per heavy atom. The molecular weight excluding hydrogens is 304 g/mol. The van der Waals surface area contributed by atoms with E-state index in [9.17, 15) is 9.59 Å². The number of rotatable bonds is 3. The number of piperazine rings is 1. The van der Waals surface area contributed by atoms with Crippen molar-refractivity contribution in [1.29, 1.82) is 0 Å². The molecule has 1 aromatic heterocycles. The minimum atomic E-state index is -0.220. The van der Waals surface area contributed by atoms with Crippen LogP contribution in [0.4, 0.5) is 0 Å². The van der Waals surface area contributed by atoms with Crippen molar-refractivity contribution in [2.24, 2.45) is 0 Å². The highest BCUT2D eigenvalue weighted by Gasteiger charge is 2.24. The van der Waals surface area contributed by atoms with Crippen LogP contribution in [0.2, 0.25) is 0 Å². The van der Waals surface area contributed by atoms with Crippen molar-refractivity contribution < 1.29 is 9.59 Å². The molecule has 0 aromatic carbocycles. The lowest BCUT2D eigenvalue weighted by atomic mass is 10.1. The number of aromatic nitrogens is 4. The van der Waals surface area contributed by atoms with Crippen LogP contribution in [0.1, 0.15) is 27.7 Å². The zero-order valence-corrected chi connectivity index (χ0v) is 14.3. The van der Waals surface area contributed by atoms with Gasteiger partial charge in [-0.1, -0.05) is 11.8 Å². The Hall–Kier alpha value is -1.64. The molecule has 0 bridgehead atoms. The van der Waals surface area contributed by atoms with Gasteiger partial charge in [-0.05, 0) is 31.2 Å². The van der Waals surface area contributed by atoms with Gasteiger partial charge >= 0.3 is 0 Å². The van der Waals surface area contributed by atoms with Gasteiger partial charge in [0.25, 0.3) is 0 Å². The molecule has 0 spiro atoms. The van der Waals surface area contributed by atoms with Crippen molar-refractivity contribution >= 4 is 23.6 Å². The van der Waals surface area contributed by atoms with E-state index in [1.54, 1.807) is 21.4 Å². The number of thioether (sulfide) groups is 1. The largest absolute Gasteiger partial charge is 0.339 e. The number of carbonyl (C=O) groups is 2. The van der Waals surface area contributed by atoms with Gasteiger partial charge in [0.15, 0.2) is 0 Å². The lowest BCUT2D eigenvalue weighted by molar-refractivity contribution is -0.136. The number of carbonyl (C=O) groups excluding carboxylic acids is 2. The van der Waals surface area contributed by atoms with Crippen LogP contribution in [0.15, 0.2) is 5.16 Å². The standard InChI is InChI=1S/C13H22N6O2S/c1-10(20)17-5-7-18(8-6-17)11(21)9-22-12-14-15-16-19(12)13(2,3)4/h5-9H2,1-4H3. The summed E-state index contributed by atoms with van der Waals surface area (Å²) >= 11 is 1.34. The number of nitrogens with zero attached hydrogens (tertiary/aromatic N) is 6. The molecule has 2 amide bonds. The highest BCUT2D eigenvalue weighted by atomic mass is 32.2. The number of amides is 2. The smallest absolute Gasteiger partial charge is 0.233 e. The zero-order chi connectivity index (χ0) is 16.3. The van der Waals surface area contributed by atoms with Crippen LogP contribution < -0.4 is 0 Å². The van der Waals surface area contributed by atoms with Crippen LogP contribution in [0.25, 0.3) is 0 Å². The summed E-state index contributed by atoms with van der Waals surface area (Å²) in [6, 6.07) is 0. The van der Waals surface area contributed by atoms with Gasteiger partial charge in [-0.3, -0.25) is 9.59 Å². The molecule has 2 heterocycles. The van der Waals surface area contributed by atoms with E-state index >= 15 is 0 Å². The molecule has 0 atom stereocenters. The molecule has 1 fully saturated rings. The van der Waals surface area contributed by atoms with E-state index in [0.29, 0.717) is 37.1 Å². The second-order valence-corrected chi connectivity index (χ2v) is 7.16. The first-order chi connectivity index (χ1) is 10.3.